The number of hydrogen-bond donors (Lipinski definition) is 0. The molecule has 1 aliphatic heterocycles. The number of ketones is 1. The van der Waals surface area contributed by atoms with Gasteiger partial charge in [-0.25, -0.2) is 0 Å². The van der Waals surface area contributed by atoms with E-state index < -0.39 is 0 Å². The molecule has 0 spiro atoms. The predicted molar refractivity (Wildman–Crippen MR) is 105 cm³/mol. The molecule has 1 saturated heterocycles. The third kappa shape index (κ3) is 3.34. The highest BCUT2D eigenvalue weighted by Gasteiger charge is 2.25. The molecule has 0 bridgehead atoms. The van der Waals surface area contributed by atoms with Crippen molar-refractivity contribution in [3.63, 3.8) is 0 Å². The number of benzene rings is 2. The maximum Gasteiger partial charge on any atom is 0.185 e. The van der Waals surface area contributed by atoms with Gasteiger partial charge in [0, 0.05) is 40.8 Å². The summed E-state index contributed by atoms with van der Waals surface area (Å²) in [6.45, 7) is 2.25. The van der Waals surface area contributed by atoms with Crippen molar-refractivity contribution in [2.75, 3.05) is 13.1 Å². The average molecular weight is 394 g/mol. The molecular formula is C22H20BrNO. The van der Waals surface area contributed by atoms with Crippen LogP contribution in [0.4, 0.5) is 0 Å². The molecule has 0 radical (unpaired) electrons. The summed E-state index contributed by atoms with van der Waals surface area (Å²) in [6.07, 6.45) is 7.23. The number of likely N-dealkylation sites (tertiary alicyclic amines) is 1. The van der Waals surface area contributed by atoms with Gasteiger partial charge < -0.3 is 4.90 Å². The fourth-order valence-electron chi connectivity index (χ4n) is 3.69. The van der Waals surface area contributed by atoms with Gasteiger partial charge in [-0.15, -0.1) is 0 Å². The third-order valence-electron chi connectivity index (χ3n) is 4.99. The summed E-state index contributed by atoms with van der Waals surface area (Å²) in [6, 6.07) is 16.1. The second-order valence-electron chi connectivity index (χ2n) is 6.59. The van der Waals surface area contributed by atoms with Gasteiger partial charge in [0.2, 0.25) is 0 Å². The Morgan fingerprint density at radius 3 is 2.48 bits per heavy atom. The normalized spacial score (nSPS) is 16.8. The topological polar surface area (TPSA) is 20.3 Å². The Morgan fingerprint density at radius 1 is 1.00 bits per heavy atom. The summed E-state index contributed by atoms with van der Waals surface area (Å²) in [4.78, 5) is 15.0. The zero-order valence-corrected chi connectivity index (χ0v) is 15.6. The van der Waals surface area contributed by atoms with Crippen molar-refractivity contribution in [1.82, 2.24) is 4.90 Å². The largest absolute Gasteiger partial charge is 0.374 e. The predicted octanol–water partition coefficient (Wildman–Crippen LogP) is 5.25. The van der Waals surface area contributed by atoms with Crippen LogP contribution in [0.5, 0.6) is 0 Å². The number of allylic oxidation sites excluding steroid dienone is 4. The first-order valence-corrected chi connectivity index (χ1v) is 9.56. The van der Waals surface area contributed by atoms with Crippen molar-refractivity contribution in [3.8, 4) is 0 Å². The lowest BCUT2D eigenvalue weighted by Gasteiger charge is -2.20. The van der Waals surface area contributed by atoms with Gasteiger partial charge in [0.25, 0.3) is 0 Å². The van der Waals surface area contributed by atoms with Crippen LogP contribution in [0.1, 0.15) is 34.3 Å². The van der Waals surface area contributed by atoms with E-state index in [4.69, 9.17) is 0 Å². The summed E-state index contributed by atoms with van der Waals surface area (Å²) in [5, 5.41) is 0. The molecule has 0 aromatic heterocycles. The summed E-state index contributed by atoms with van der Waals surface area (Å²) < 4.78 is 0.983. The number of fused-ring (bicyclic) bond motifs is 1. The number of carbonyl (C=O) groups is 1. The molecule has 0 atom stereocenters. The minimum atomic E-state index is 0.0464. The summed E-state index contributed by atoms with van der Waals surface area (Å²) in [7, 11) is 0. The zero-order valence-electron chi connectivity index (χ0n) is 14.0. The molecule has 1 aliphatic carbocycles. The molecule has 0 N–H and O–H groups in total. The Morgan fingerprint density at radius 2 is 1.72 bits per heavy atom. The Balaban J connectivity index is 1.66. The maximum atomic E-state index is 12.5. The van der Waals surface area contributed by atoms with Crippen LogP contribution >= 0.6 is 15.9 Å². The van der Waals surface area contributed by atoms with Crippen molar-refractivity contribution in [3.05, 3.63) is 87.5 Å². The van der Waals surface area contributed by atoms with E-state index in [0.29, 0.717) is 5.56 Å². The zero-order chi connectivity index (χ0) is 17.2. The number of halogens is 1. The Labute approximate surface area is 157 Å². The van der Waals surface area contributed by atoms with Crippen LogP contribution in [-0.2, 0) is 6.42 Å². The van der Waals surface area contributed by atoms with E-state index in [1.807, 2.05) is 30.3 Å². The summed E-state index contributed by atoms with van der Waals surface area (Å²) >= 11 is 3.41. The Kier molecular flexibility index (Phi) is 4.58. The number of rotatable bonds is 4. The van der Waals surface area contributed by atoms with E-state index >= 15 is 0 Å². The average Bonchev–Trinajstić information content (AvgIpc) is 3.28. The quantitative estimate of drug-likeness (QED) is 0.522. The van der Waals surface area contributed by atoms with Gasteiger partial charge >= 0.3 is 0 Å². The molecule has 2 nitrogen and oxygen atoms in total. The molecule has 2 aliphatic rings. The monoisotopic (exact) mass is 393 g/mol. The second-order valence-corrected chi connectivity index (χ2v) is 7.51. The minimum absolute atomic E-state index is 0.0464. The van der Waals surface area contributed by atoms with Gasteiger partial charge in [0.15, 0.2) is 5.78 Å². The van der Waals surface area contributed by atoms with Crippen LogP contribution in [0.15, 0.2) is 70.9 Å². The van der Waals surface area contributed by atoms with Gasteiger partial charge in [-0.05, 0) is 60.4 Å². The van der Waals surface area contributed by atoms with Crippen molar-refractivity contribution >= 4 is 27.3 Å². The highest BCUT2D eigenvalue weighted by atomic mass is 79.9. The van der Waals surface area contributed by atoms with E-state index in [2.05, 4.69) is 45.1 Å². The van der Waals surface area contributed by atoms with Crippen LogP contribution < -0.4 is 0 Å². The molecule has 126 valence electrons. The fraction of sp³-hybridized carbons (Fsp3) is 0.227. The van der Waals surface area contributed by atoms with Crippen molar-refractivity contribution < 1.29 is 4.79 Å². The van der Waals surface area contributed by atoms with Gasteiger partial charge in [-0.3, -0.25) is 4.79 Å². The lowest BCUT2D eigenvalue weighted by molar-refractivity contribution is 0.104. The standard InChI is InChI=1S/C22H20BrNO/c23-18-9-7-16(8-10-18)22(25)12-11-20-19-6-2-1-5-17(19)15-21(20)24-13-3-4-14-24/h1-2,5-12H,3-4,13-15H2. The Hall–Kier alpha value is -2.13. The van der Waals surface area contributed by atoms with Crippen LogP contribution in [0.2, 0.25) is 0 Å². The fourth-order valence-corrected chi connectivity index (χ4v) is 3.96. The van der Waals surface area contributed by atoms with Gasteiger partial charge in [0.05, 0.1) is 0 Å². The summed E-state index contributed by atoms with van der Waals surface area (Å²) in [5.41, 5.74) is 5.93. The molecule has 0 unspecified atom stereocenters. The molecule has 0 saturated carbocycles. The number of nitrogens with zero attached hydrogens (tertiary/aromatic N) is 1. The molecule has 2 aromatic rings. The van der Waals surface area contributed by atoms with Crippen LogP contribution in [0.3, 0.4) is 0 Å². The van der Waals surface area contributed by atoms with E-state index in [1.54, 1.807) is 6.08 Å². The van der Waals surface area contributed by atoms with E-state index in [1.165, 1.54) is 35.2 Å². The van der Waals surface area contributed by atoms with Crippen LogP contribution in [0, 0.1) is 0 Å². The van der Waals surface area contributed by atoms with E-state index in [-0.39, 0.29) is 5.78 Å². The highest BCUT2D eigenvalue weighted by molar-refractivity contribution is 9.10. The molecule has 1 heterocycles. The molecule has 2 aromatic carbocycles. The third-order valence-corrected chi connectivity index (χ3v) is 5.52. The van der Waals surface area contributed by atoms with Crippen molar-refractivity contribution in [1.29, 1.82) is 0 Å². The van der Waals surface area contributed by atoms with Crippen LogP contribution in [0.25, 0.3) is 5.57 Å². The van der Waals surface area contributed by atoms with Crippen LogP contribution in [-0.4, -0.2) is 23.8 Å². The first kappa shape index (κ1) is 16.3. The number of carbonyl (C=O) groups excluding carboxylic acids is 1. The van der Waals surface area contributed by atoms with Crippen molar-refractivity contribution in [2.45, 2.75) is 19.3 Å². The minimum Gasteiger partial charge on any atom is -0.374 e. The van der Waals surface area contributed by atoms with Crippen molar-refractivity contribution in [2.24, 2.45) is 0 Å². The van der Waals surface area contributed by atoms with E-state index in [0.717, 1.165) is 24.0 Å². The van der Waals surface area contributed by atoms with E-state index in [9.17, 15) is 4.79 Å². The first-order valence-electron chi connectivity index (χ1n) is 8.77. The SMILES string of the molecule is O=C(C=CC1=C(N2CCCC2)Cc2ccccc21)c1ccc(Br)cc1. The van der Waals surface area contributed by atoms with Gasteiger partial charge in [-0.1, -0.05) is 40.2 Å². The Bertz CT molecular complexity index is 858. The molecule has 25 heavy (non-hydrogen) atoms. The number of hydrogen-bond acceptors (Lipinski definition) is 2. The second kappa shape index (κ2) is 7.01. The first-order chi connectivity index (χ1) is 12.2. The lowest BCUT2D eigenvalue weighted by atomic mass is 10.0. The lowest BCUT2D eigenvalue weighted by Crippen LogP contribution is -2.19. The molecular weight excluding hydrogens is 374 g/mol. The maximum absolute atomic E-state index is 12.5. The smallest absolute Gasteiger partial charge is 0.185 e. The van der Waals surface area contributed by atoms with Gasteiger partial charge in [0.1, 0.15) is 0 Å². The molecule has 1 fully saturated rings. The highest BCUT2D eigenvalue weighted by Crippen LogP contribution is 2.36. The molecule has 4 rings (SSSR count). The van der Waals surface area contributed by atoms with Gasteiger partial charge in [-0.2, -0.15) is 0 Å². The molecule has 0 amide bonds. The molecule has 3 heteroatoms. The summed E-state index contributed by atoms with van der Waals surface area (Å²) in [5.74, 6) is 0.0464.